The number of aryl methyl sites for hydroxylation is 1. The first-order valence-electron chi connectivity index (χ1n) is 7.71. The van der Waals surface area contributed by atoms with Gasteiger partial charge in [0.15, 0.2) is 5.78 Å². The minimum Gasteiger partial charge on any atom is -0.493 e. The van der Waals surface area contributed by atoms with Crippen LogP contribution in [0.1, 0.15) is 45.8 Å². The molecular formula is C19H18O2. The van der Waals surface area contributed by atoms with Crippen LogP contribution in [-0.4, -0.2) is 12.4 Å². The highest BCUT2D eigenvalue weighted by Crippen LogP contribution is 2.35. The van der Waals surface area contributed by atoms with Gasteiger partial charge in [0.1, 0.15) is 5.75 Å². The molecule has 1 aliphatic carbocycles. The normalized spacial score (nSPS) is 19.5. The molecule has 2 aliphatic rings. The lowest BCUT2D eigenvalue weighted by Crippen LogP contribution is -2.18. The molecule has 1 unspecified atom stereocenters. The zero-order chi connectivity index (χ0) is 14.2. The van der Waals surface area contributed by atoms with Crippen LogP contribution in [0, 0.1) is 0 Å². The molecule has 2 aromatic carbocycles. The van der Waals surface area contributed by atoms with Crippen molar-refractivity contribution in [2.24, 2.45) is 0 Å². The number of ether oxygens (including phenoxy) is 1. The summed E-state index contributed by atoms with van der Waals surface area (Å²) in [4.78, 5) is 12.9. The van der Waals surface area contributed by atoms with E-state index in [-0.39, 0.29) is 11.7 Å². The molecular weight excluding hydrogens is 260 g/mol. The topological polar surface area (TPSA) is 26.3 Å². The Morgan fingerprint density at radius 3 is 2.90 bits per heavy atom. The van der Waals surface area contributed by atoms with Gasteiger partial charge < -0.3 is 4.74 Å². The van der Waals surface area contributed by atoms with Gasteiger partial charge in [-0.25, -0.2) is 0 Å². The number of fused-ring (bicyclic) bond motifs is 2. The van der Waals surface area contributed by atoms with E-state index >= 15 is 0 Å². The average molecular weight is 278 g/mol. The van der Waals surface area contributed by atoms with Crippen molar-refractivity contribution >= 4 is 5.78 Å². The molecule has 0 fully saturated rings. The van der Waals surface area contributed by atoms with Crippen LogP contribution in [0.3, 0.4) is 0 Å². The fourth-order valence-electron chi connectivity index (χ4n) is 3.57. The van der Waals surface area contributed by atoms with Crippen LogP contribution in [0.2, 0.25) is 0 Å². The average Bonchev–Trinajstić information content (AvgIpc) is 3.01. The Morgan fingerprint density at radius 2 is 1.95 bits per heavy atom. The van der Waals surface area contributed by atoms with Crippen molar-refractivity contribution < 1.29 is 9.53 Å². The fraction of sp³-hybridized carbons (Fsp3) is 0.316. The molecule has 2 heteroatoms. The smallest absolute Gasteiger partial charge is 0.170 e. The lowest BCUT2D eigenvalue weighted by molar-refractivity contribution is 0.0951. The fourth-order valence-corrected chi connectivity index (χ4v) is 3.57. The van der Waals surface area contributed by atoms with E-state index in [9.17, 15) is 4.79 Å². The van der Waals surface area contributed by atoms with E-state index in [1.165, 1.54) is 16.7 Å². The first kappa shape index (κ1) is 12.6. The van der Waals surface area contributed by atoms with Gasteiger partial charge in [0.25, 0.3) is 0 Å². The lowest BCUT2D eigenvalue weighted by atomic mass is 9.79. The Balaban J connectivity index is 1.70. The first-order valence-corrected chi connectivity index (χ1v) is 7.71. The van der Waals surface area contributed by atoms with Crippen molar-refractivity contribution in [1.82, 2.24) is 0 Å². The molecule has 21 heavy (non-hydrogen) atoms. The summed E-state index contributed by atoms with van der Waals surface area (Å²) < 4.78 is 5.52. The molecule has 1 aliphatic heterocycles. The van der Waals surface area contributed by atoms with Gasteiger partial charge in [-0.3, -0.25) is 4.79 Å². The van der Waals surface area contributed by atoms with Crippen molar-refractivity contribution in [1.29, 1.82) is 0 Å². The zero-order valence-corrected chi connectivity index (χ0v) is 12.0. The van der Waals surface area contributed by atoms with Crippen molar-refractivity contribution in [3.8, 4) is 5.75 Å². The number of Topliss-reactive ketones (excluding diaryl/α,β-unsaturated/α-hetero) is 1. The Morgan fingerprint density at radius 1 is 1.05 bits per heavy atom. The Kier molecular flexibility index (Phi) is 3.03. The van der Waals surface area contributed by atoms with Crippen LogP contribution in [0.15, 0.2) is 42.5 Å². The monoisotopic (exact) mass is 278 g/mol. The van der Waals surface area contributed by atoms with Gasteiger partial charge in [-0.2, -0.15) is 0 Å². The zero-order valence-electron chi connectivity index (χ0n) is 12.0. The van der Waals surface area contributed by atoms with Crippen LogP contribution in [-0.2, 0) is 12.8 Å². The van der Waals surface area contributed by atoms with E-state index < -0.39 is 0 Å². The molecule has 1 heterocycles. The standard InChI is InChI=1S/C19H18O2/c20-19(15-8-9-18-14(12-15)10-11-21-18)17-7-3-5-13-4-1-2-6-16(13)17/h1-2,4,6,8-9,12,17H,3,5,7,10-11H2. The number of carbonyl (C=O) groups excluding carboxylic acids is 1. The molecule has 0 aromatic heterocycles. The second kappa shape index (κ2) is 5.03. The molecule has 0 spiro atoms. The molecule has 2 nitrogen and oxygen atoms in total. The highest BCUT2D eigenvalue weighted by atomic mass is 16.5. The minimum absolute atomic E-state index is 0.0234. The van der Waals surface area contributed by atoms with Gasteiger partial charge in [-0.05, 0) is 54.2 Å². The van der Waals surface area contributed by atoms with Crippen molar-refractivity contribution in [2.45, 2.75) is 31.6 Å². The third kappa shape index (κ3) is 2.15. The molecule has 106 valence electrons. The van der Waals surface area contributed by atoms with Crippen LogP contribution >= 0.6 is 0 Å². The van der Waals surface area contributed by atoms with E-state index in [1.807, 2.05) is 24.3 Å². The van der Waals surface area contributed by atoms with Gasteiger partial charge in [0.05, 0.1) is 6.61 Å². The summed E-state index contributed by atoms with van der Waals surface area (Å²) in [6.07, 6.45) is 4.07. The van der Waals surface area contributed by atoms with Gasteiger partial charge in [-0.1, -0.05) is 24.3 Å². The second-order valence-corrected chi connectivity index (χ2v) is 5.93. The van der Waals surface area contributed by atoms with Crippen LogP contribution < -0.4 is 4.74 Å². The number of rotatable bonds is 2. The Labute approximate surface area is 124 Å². The van der Waals surface area contributed by atoms with E-state index in [0.717, 1.165) is 43.6 Å². The van der Waals surface area contributed by atoms with Crippen LogP contribution in [0.4, 0.5) is 0 Å². The van der Waals surface area contributed by atoms with Crippen LogP contribution in [0.5, 0.6) is 5.75 Å². The summed E-state index contributed by atoms with van der Waals surface area (Å²) in [5, 5.41) is 0. The number of carbonyl (C=O) groups is 1. The maximum absolute atomic E-state index is 12.9. The van der Waals surface area contributed by atoms with Crippen molar-refractivity contribution in [2.75, 3.05) is 6.61 Å². The molecule has 0 N–H and O–H groups in total. The molecule has 0 saturated carbocycles. The number of benzene rings is 2. The quantitative estimate of drug-likeness (QED) is 0.778. The highest BCUT2D eigenvalue weighted by Gasteiger charge is 2.27. The Hall–Kier alpha value is -2.09. The second-order valence-electron chi connectivity index (χ2n) is 5.93. The summed E-state index contributed by atoms with van der Waals surface area (Å²) in [5.74, 6) is 1.22. The van der Waals surface area contributed by atoms with E-state index in [0.29, 0.717) is 0 Å². The van der Waals surface area contributed by atoms with Gasteiger partial charge in [-0.15, -0.1) is 0 Å². The summed E-state index contributed by atoms with van der Waals surface area (Å²) in [6, 6.07) is 14.3. The highest BCUT2D eigenvalue weighted by molar-refractivity contribution is 6.01. The lowest BCUT2D eigenvalue weighted by Gasteiger charge is -2.24. The maximum atomic E-state index is 12.9. The largest absolute Gasteiger partial charge is 0.493 e. The third-order valence-corrected chi connectivity index (χ3v) is 4.66. The molecule has 2 aromatic rings. The molecule has 4 rings (SSSR count). The summed E-state index contributed by atoms with van der Waals surface area (Å²) in [5.41, 5.74) is 4.57. The van der Waals surface area contributed by atoms with Gasteiger partial charge >= 0.3 is 0 Å². The SMILES string of the molecule is O=C(c1ccc2c(c1)CCO2)C1CCCc2ccccc21. The summed E-state index contributed by atoms with van der Waals surface area (Å²) in [7, 11) is 0. The number of hydrogen-bond donors (Lipinski definition) is 0. The molecule has 1 atom stereocenters. The van der Waals surface area contributed by atoms with Crippen molar-refractivity contribution in [3.05, 3.63) is 64.7 Å². The Bertz CT molecular complexity index is 702. The minimum atomic E-state index is 0.0234. The molecule has 0 radical (unpaired) electrons. The maximum Gasteiger partial charge on any atom is 0.170 e. The van der Waals surface area contributed by atoms with Crippen molar-refractivity contribution in [3.63, 3.8) is 0 Å². The molecule has 0 saturated heterocycles. The van der Waals surface area contributed by atoms with E-state index in [2.05, 4.69) is 18.2 Å². The molecule has 0 amide bonds. The number of hydrogen-bond acceptors (Lipinski definition) is 2. The number of ketones is 1. The van der Waals surface area contributed by atoms with E-state index in [4.69, 9.17) is 4.74 Å². The summed E-state index contributed by atoms with van der Waals surface area (Å²) in [6.45, 7) is 0.735. The predicted molar refractivity (Wildman–Crippen MR) is 82.1 cm³/mol. The first-order chi connectivity index (χ1) is 10.3. The van der Waals surface area contributed by atoms with Gasteiger partial charge in [0, 0.05) is 17.9 Å². The van der Waals surface area contributed by atoms with Crippen LogP contribution in [0.25, 0.3) is 0 Å². The predicted octanol–water partition coefficient (Wildman–Crippen LogP) is 3.92. The summed E-state index contributed by atoms with van der Waals surface area (Å²) >= 11 is 0. The van der Waals surface area contributed by atoms with Gasteiger partial charge in [0.2, 0.25) is 0 Å². The third-order valence-electron chi connectivity index (χ3n) is 4.66. The van der Waals surface area contributed by atoms with E-state index in [1.54, 1.807) is 0 Å². The molecule has 0 bridgehead atoms.